The Hall–Kier alpha value is -1.55. The molecule has 1 fully saturated rings. The van der Waals surface area contributed by atoms with E-state index in [2.05, 4.69) is 12.2 Å². The van der Waals surface area contributed by atoms with Gasteiger partial charge in [0.25, 0.3) is 0 Å². The Morgan fingerprint density at radius 2 is 2.14 bits per heavy atom. The number of carboxylic acids is 1. The summed E-state index contributed by atoms with van der Waals surface area (Å²) in [6, 6.07) is 5.16. The van der Waals surface area contributed by atoms with E-state index >= 15 is 0 Å². The molecule has 1 aromatic carbocycles. The molecule has 1 aliphatic heterocycles. The second-order valence-electron chi connectivity index (χ2n) is 5.98. The maximum atomic E-state index is 11.0. The Bertz CT molecular complexity index is 481. The number of aryl methyl sites for hydroxylation is 1. The SMILES string of the molecule is Cc1cc(OCCC(C)C2CCNCC2)ccc1C(=O)O. The Kier molecular flexibility index (Phi) is 5.62. The van der Waals surface area contributed by atoms with Crippen LogP contribution in [0.3, 0.4) is 0 Å². The lowest BCUT2D eigenvalue weighted by Gasteiger charge is -2.28. The first kappa shape index (κ1) is 15.8. The number of carboxylic acid groups (broad SMARTS) is 1. The molecule has 0 aromatic heterocycles. The zero-order valence-corrected chi connectivity index (χ0v) is 12.9. The van der Waals surface area contributed by atoms with E-state index < -0.39 is 5.97 Å². The standard InChI is InChI=1S/C17H25NO3/c1-12(14-5-8-18-9-6-14)7-10-21-15-3-4-16(17(19)20)13(2)11-15/h3-4,11-12,14,18H,5-10H2,1-2H3,(H,19,20). The minimum Gasteiger partial charge on any atom is -0.494 e. The lowest BCUT2D eigenvalue weighted by molar-refractivity contribution is 0.0696. The molecule has 2 rings (SSSR count). The molecule has 0 radical (unpaired) electrons. The summed E-state index contributed by atoms with van der Waals surface area (Å²) in [6.07, 6.45) is 3.56. The fourth-order valence-corrected chi connectivity index (χ4v) is 2.98. The smallest absolute Gasteiger partial charge is 0.335 e. The first-order valence-electron chi connectivity index (χ1n) is 7.75. The molecule has 0 saturated carbocycles. The van der Waals surface area contributed by atoms with Gasteiger partial charge in [-0.05, 0) is 74.9 Å². The minimum absolute atomic E-state index is 0.338. The van der Waals surface area contributed by atoms with Crippen molar-refractivity contribution in [2.45, 2.75) is 33.1 Å². The van der Waals surface area contributed by atoms with Gasteiger partial charge in [0, 0.05) is 0 Å². The zero-order valence-electron chi connectivity index (χ0n) is 12.9. The van der Waals surface area contributed by atoms with Crippen LogP contribution in [-0.2, 0) is 0 Å². The monoisotopic (exact) mass is 291 g/mol. The molecule has 0 bridgehead atoms. The average Bonchev–Trinajstić information content (AvgIpc) is 2.47. The van der Waals surface area contributed by atoms with Gasteiger partial charge in [-0.1, -0.05) is 6.92 Å². The maximum Gasteiger partial charge on any atom is 0.335 e. The van der Waals surface area contributed by atoms with Gasteiger partial charge in [-0.2, -0.15) is 0 Å². The molecule has 1 atom stereocenters. The van der Waals surface area contributed by atoms with Gasteiger partial charge in [0.15, 0.2) is 0 Å². The molecule has 0 spiro atoms. The molecule has 1 saturated heterocycles. The van der Waals surface area contributed by atoms with Gasteiger partial charge in [-0.25, -0.2) is 4.79 Å². The van der Waals surface area contributed by atoms with Crippen molar-refractivity contribution in [2.24, 2.45) is 11.8 Å². The van der Waals surface area contributed by atoms with Crippen LogP contribution in [0, 0.1) is 18.8 Å². The van der Waals surface area contributed by atoms with E-state index in [0.29, 0.717) is 18.1 Å². The molecule has 116 valence electrons. The van der Waals surface area contributed by atoms with Crippen LogP contribution in [0.25, 0.3) is 0 Å². The van der Waals surface area contributed by atoms with Crippen LogP contribution in [0.1, 0.15) is 42.1 Å². The van der Waals surface area contributed by atoms with Crippen LogP contribution < -0.4 is 10.1 Å². The number of rotatable bonds is 6. The van der Waals surface area contributed by atoms with E-state index in [1.807, 2.05) is 0 Å². The number of hydrogen-bond acceptors (Lipinski definition) is 3. The maximum absolute atomic E-state index is 11.0. The van der Waals surface area contributed by atoms with Crippen LogP contribution in [0.2, 0.25) is 0 Å². The van der Waals surface area contributed by atoms with Crippen LogP contribution in [0.4, 0.5) is 0 Å². The molecule has 2 N–H and O–H groups in total. The van der Waals surface area contributed by atoms with Crippen molar-refractivity contribution in [3.63, 3.8) is 0 Å². The number of carbonyl (C=O) groups is 1. The summed E-state index contributed by atoms with van der Waals surface area (Å²) in [5.74, 6) is 1.34. The first-order chi connectivity index (χ1) is 10.1. The van der Waals surface area contributed by atoms with E-state index in [1.165, 1.54) is 12.8 Å². The first-order valence-corrected chi connectivity index (χ1v) is 7.75. The second-order valence-corrected chi connectivity index (χ2v) is 5.98. The Balaban J connectivity index is 1.80. The molecular formula is C17H25NO3. The van der Waals surface area contributed by atoms with Crippen molar-refractivity contribution in [2.75, 3.05) is 19.7 Å². The van der Waals surface area contributed by atoms with E-state index in [9.17, 15) is 4.79 Å². The number of ether oxygens (including phenoxy) is 1. The predicted molar refractivity (Wildman–Crippen MR) is 83.0 cm³/mol. The zero-order chi connectivity index (χ0) is 15.2. The van der Waals surface area contributed by atoms with Crippen LogP contribution in [-0.4, -0.2) is 30.8 Å². The fourth-order valence-electron chi connectivity index (χ4n) is 2.98. The Morgan fingerprint density at radius 3 is 2.76 bits per heavy atom. The molecule has 4 heteroatoms. The van der Waals surface area contributed by atoms with Crippen LogP contribution in [0.15, 0.2) is 18.2 Å². The minimum atomic E-state index is -0.890. The summed E-state index contributed by atoms with van der Waals surface area (Å²) in [7, 11) is 0. The van der Waals surface area contributed by atoms with Gasteiger partial charge in [-0.15, -0.1) is 0 Å². The van der Waals surface area contributed by atoms with Crippen molar-refractivity contribution < 1.29 is 14.6 Å². The lowest BCUT2D eigenvalue weighted by atomic mass is 9.84. The van der Waals surface area contributed by atoms with Crippen molar-refractivity contribution in [3.8, 4) is 5.75 Å². The van der Waals surface area contributed by atoms with E-state index in [4.69, 9.17) is 9.84 Å². The third kappa shape index (κ3) is 4.46. The number of aromatic carboxylic acids is 1. The summed E-state index contributed by atoms with van der Waals surface area (Å²) < 4.78 is 5.77. The summed E-state index contributed by atoms with van der Waals surface area (Å²) in [4.78, 5) is 11.0. The summed E-state index contributed by atoms with van der Waals surface area (Å²) in [6.45, 7) is 7.06. The van der Waals surface area contributed by atoms with Gasteiger partial charge in [-0.3, -0.25) is 0 Å². The summed E-state index contributed by atoms with van der Waals surface area (Å²) >= 11 is 0. The second kappa shape index (κ2) is 7.46. The van der Waals surface area contributed by atoms with Crippen molar-refractivity contribution in [3.05, 3.63) is 29.3 Å². The number of nitrogens with one attached hydrogen (secondary N) is 1. The van der Waals surface area contributed by atoms with Crippen molar-refractivity contribution in [1.29, 1.82) is 0 Å². The molecule has 21 heavy (non-hydrogen) atoms. The summed E-state index contributed by atoms with van der Waals surface area (Å²) in [5, 5.41) is 12.4. The number of piperidine rings is 1. The highest BCUT2D eigenvalue weighted by Gasteiger charge is 2.19. The highest BCUT2D eigenvalue weighted by molar-refractivity contribution is 5.89. The Morgan fingerprint density at radius 1 is 1.43 bits per heavy atom. The molecular weight excluding hydrogens is 266 g/mol. The van der Waals surface area contributed by atoms with Crippen LogP contribution >= 0.6 is 0 Å². The molecule has 1 aliphatic rings. The van der Waals surface area contributed by atoms with Crippen molar-refractivity contribution in [1.82, 2.24) is 5.32 Å². The highest BCUT2D eigenvalue weighted by atomic mass is 16.5. The van der Waals surface area contributed by atoms with Gasteiger partial charge in [0.1, 0.15) is 5.75 Å². The Labute approximate surface area is 126 Å². The van der Waals surface area contributed by atoms with Crippen molar-refractivity contribution >= 4 is 5.97 Å². The van der Waals surface area contributed by atoms with Gasteiger partial charge < -0.3 is 15.2 Å². The van der Waals surface area contributed by atoms with E-state index in [1.54, 1.807) is 25.1 Å². The number of benzene rings is 1. The van der Waals surface area contributed by atoms with Gasteiger partial charge >= 0.3 is 5.97 Å². The number of hydrogen-bond donors (Lipinski definition) is 2. The molecule has 0 amide bonds. The normalized spacial score (nSPS) is 17.4. The summed E-state index contributed by atoms with van der Waals surface area (Å²) in [5.41, 5.74) is 1.08. The molecule has 1 unspecified atom stereocenters. The molecule has 1 aromatic rings. The van der Waals surface area contributed by atoms with Gasteiger partial charge in [0.2, 0.25) is 0 Å². The molecule has 0 aliphatic carbocycles. The lowest BCUT2D eigenvalue weighted by Crippen LogP contribution is -2.31. The third-order valence-corrected chi connectivity index (χ3v) is 4.46. The van der Waals surface area contributed by atoms with Gasteiger partial charge in [0.05, 0.1) is 12.2 Å². The largest absolute Gasteiger partial charge is 0.494 e. The topological polar surface area (TPSA) is 58.6 Å². The average molecular weight is 291 g/mol. The van der Waals surface area contributed by atoms with Crippen LogP contribution in [0.5, 0.6) is 5.75 Å². The fraction of sp³-hybridized carbons (Fsp3) is 0.588. The van der Waals surface area contributed by atoms with E-state index in [-0.39, 0.29) is 0 Å². The molecule has 1 heterocycles. The van der Waals surface area contributed by atoms with E-state index in [0.717, 1.165) is 36.7 Å². The predicted octanol–water partition coefficient (Wildman–Crippen LogP) is 3.10. The highest BCUT2D eigenvalue weighted by Crippen LogP contribution is 2.25. The quantitative estimate of drug-likeness (QED) is 0.845. The molecule has 4 nitrogen and oxygen atoms in total. The third-order valence-electron chi connectivity index (χ3n) is 4.46.